The Morgan fingerprint density at radius 2 is 0.977 bits per heavy atom. The van der Waals surface area contributed by atoms with Crippen LogP contribution in [0.2, 0.25) is 0 Å². The first kappa shape index (κ1) is 30.1. The van der Waals surface area contributed by atoms with Crippen LogP contribution < -0.4 is 0 Å². The quantitative estimate of drug-likeness (QED) is 0.221. The van der Waals surface area contributed by atoms with Gasteiger partial charge in [0.25, 0.3) is 0 Å². The lowest BCUT2D eigenvalue weighted by Gasteiger charge is -2.45. The van der Waals surface area contributed by atoms with Crippen LogP contribution in [-0.4, -0.2) is 66.3 Å². The summed E-state index contributed by atoms with van der Waals surface area (Å²) >= 11 is 0. The molecule has 4 aromatic rings. The minimum absolute atomic E-state index is 0.118. The number of benzene rings is 4. The first-order valence-corrected chi connectivity index (χ1v) is 13.7. The van der Waals surface area contributed by atoms with E-state index < -0.39 is 61.2 Å². The average molecular weight is 597 g/mol. The number of hydrogen-bond acceptors (Lipinski definition) is 10. The van der Waals surface area contributed by atoms with Crippen LogP contribution >= 0.6 is 0 Å². The van der Waals surface area contributed by atoms with E-state index >= 15 is 0 Å². The van der Waals surface area contributed by atoms with Gasteiger partial charge in [-0.3, -0.25) is 0 Å². The molecule has 10 heteroatoms. The number of esters is 4. The van der Waals surface area contributed by atoms with Gasteiger partial charge in [-0.05, 0) is 48.5 Å². The summed E-state index contributed by atoms with van der Waals surface area (Å²) in [4.78, 5) is 52.3. The third kappa shape index (κ3) is 7.17. The molecular weight excluding hydrogens is 568 g/mol. The van der Waals surface area contributed by atoms with E-state index in [1.165, 1.54) is 48.5 Å². The van der Waals surface area contributed by atoms with E-state index in [0.29, 0.717) is 0 Å². The van der Waals surface area contributed by atoms with Gasteiger partial charge in [0.1, 0.15) is 6.61 Å². The zero-order valence-electron chi connectivity index (χ0n) is 23.3. The van der Waals surface area contributed by atoms with Gasteiger partial charge < -0.3 is 28.8 Å². The Bertz CT molecular complexity index is 1580. The highest BCUT2D eigenvalue weighted by Crippen LogP contribution is 2.33. The summed E-state index contributed by atoms with van der Waals surface area (Å²) < 4.78 is 28.3. The molecule has 4 aromatic carbocycles. The van der Waals surface area contributed by atoms with Gasteiger partial charge in [-0.15, -0.1) is 0 Å². The topological polar surface area (TPSA) is 135 Å². The summed E-state index contributed by atoms with van der Waals surface area (Å²) in [6.07, 6.45) is -4.74. The molecule has 0 amide bonds. The minimum atomic E-state index is -2.51. The molecule has 0 aliphatic carbocycles. The Morgan fingerprint density at radius 1 is 0.591 bits per heavy atom. The number of aliphatic hydroxyl groups is 1. The predicted octanol–water partition coefficient (Wildman–Crippen LogP) is 4.24. The average Bonchev–Trinajstić information content (AvgIpc) is 3.08. The summed E-state index contributed by atoms with van der Waals surface area (Å²) in [5.74, 6) is -5.81. The van der Waals surface area contributed by atoms with Crippen LogP contribution in [0.5, 0.6) is 0 Å². The van der Waals surface area contributed by atoms with Gasteiger partial charge in [0.2, 0.25) is 5.79 Å². The molecule has 0 spiro atoms. The van der Waals surface area contributed by atoms with Crippen molar-refractivity contribution >= 4 is 23.9 Å². The fourth-order valence-corrected chi connectivity index (χ4v) is 4.51. The Hall–Kier alpha value is -5.32. The maximum atomic E-state index is 13.3. The Kier molecular flexibility index (Phi) is 9.43. The molecule has 10 nitrogen and oxygen atoms in total. The minimum Gasteiger partial charge on any atom is -0.456 e. The zero-order chi connectivity index (χ0) is 30.9. The van der Waals surface area contributed by atoms with Crippen LogP contribution in [0.4, 0.5) is 0 Å². The van der Waals surface area contributed by atoms with E-state index in [9.17, 15) is 24.3 Å². The second kappa shape index (κ2) is 13.8. The maximum absolute atomic E-state index is 13.3. The van der Waals surface area contributed by atoms with Crippen LogP contribution in [0.3, 0.4) is 0 Å². The van der Waals surface area contributed by atoms with Crippen molar-refractivity contribution in [3.8, 4) is 0 Å². The summed E-state index contributed by atoms with van der Waals surface area (Å²) in [6, 6.07) is 32.0. The summed E-state index contributed by atoms with van der Waals surface area (Å²) in [6.45, 7) is -1.31. The Labute approximate surface area is 252 Å². The molecule has 0 aromatic heterocycles. The molecule has 0 unspecified atom stereocenters. The van der Waals surface area contributed by atoms with Crippen molar-refractivity contribution in [1.29, 1.82) is 0 Å². The van der Waals surface area contributed by atoms with Gasteiger partial charge in [-0.1, -0.05) is 72.8 Å². The van der Waals surface area contributed by atoms with Crippen LogP contribution in [0.1, 0.15) is 41.4 Å². The molecule has 4 atom stereocenters. The first-order valence-electron chi connectivity index (χ1n) is 13.7. The lowest BCUT2D eigenvalue weighted by atomic mass is 9.96. The molecule has 224 valence electrons. The normalized spacial score (nSPS) is 21.0. The van der Waals surface area contributed by atoms with Crippen molar-refractivity contribution in [2.45, 2.75) is 24.1 Å². The third-order valence-corrected chi connectivity index (χ3v) is 6.79. The van der Waals surface area contributed by atoms with Gasteiger partial charge >= 0.3 is 23.9 Å². The van der Waals surface area contributed by atoms with Gasteiger partial charge in [0.15, 0.2) is 18.3 Å². The van der Waals surface area contributed by atoms with Crippen molar-refractivity contribution in [2.75, 3.05) is 13.2 Å². The van der Waals surface area contributed by atoms with Crippen molar-refractivity contribution in [2.24, 2.45) is 0 Å². The third-order valence-electron chi connectivity index (χ3n) is 6.79. The first-order chi connectivity index (χ1) is 21.3. The molecule has 1 saturated heterocycles. The highest BCUT2D eigenvalue weighted by atomic mass is 16.7. The standard InChI is InChI=1S/C34H28O10/c35-30(23-13-5-1-6-14-23)40-22-34(39)29(44-33(38)26-19-11-4-12-20-26)28(43-32(37)25-17-9-3-10-18-25)27(21-41-34)42-31(36)24-15-7-2-8-16-24/h1-20,27-29,39H,21-22H2/t27-,28-,29-,34+/m1/s1. The lowest BCUT2D eigenvalue weighted by molar-refractivity contribution is -0.327. The van der Waals surface area contributed by atoms with Crippen LogP contribution in [0.15, 0.2) is 121 Å². The summed E-state index contributed by atoms with van der Waals surface area (Å²) in [7, 11) is 0. The van der Waals surface area contributed by atoms with Crippen LogP contribution in [-0.2, 0) is 23.7 Å². The monoisotopic (exact) mass is 596 g/mol. The van der Waals surface area contributed by atoms with E-state index in [-0.39, 0.29) is 22.3 Å². The van der Waals surface area contributed by atoms with Gasteiger partial charge in [0, 0.05) is 0 Å². The van der Waals surface area contributed by atoms with E-state index in [4.69, 9.17) is 23.7 Å². The van der Waals surface area contributed by atoms with Gasteiger partial charge in [-0.2, -0.15) is 0 Å². The van der Waals surface area contributed by atoms with E-state index in [0.717, 1.165) is 0 Å². The predicted molar refractivity (Wildman–Crippen MR) is 155 cm³/mol. The highest BCUT2D eigenvalue weighted by Gasteiger charge is 2.57. The van der Waals surface area contributed by atoms with Crippen molar-refractivity contribution < 1.29 is 48.0 Å². The van der Waals surface area contributed by atoms with Crippen molar-refractivity contribution in [3.05, 3.63) is 144 Å². The number of carbonyl (C=O) groups is 4. The number of ether oxygens (including phenoxy) is 5. The van der Waals surface area contributed by atoms with Crippen LogP contribution in [0, 0.1) is 0 Å². The number of carbonyl (C=O) groups excluding carboxylic acids is 4. The highest BCUT2D eigenvalue weighted by molar-refractivity contribution is 5.91. The smallest absolute Gasteiger partial charge is 0.338 e. The molecule has 1 heterocycles. The van der Waals surface area contributed by atoms with Gasteiger partial charge in [0.05, 0.1) is 28.9 Å². The lowest BCUT2D eigenvalue weighted by Crippen LogP contribution is -2.66. The number of rotatable bonds is 9. The van der Waals surface area contributed by atoms with Crippen molar-refractivity contribution in [1.82, 2.24) is 0 Å². The molecular formula is C34H28O10. The fraction of sp³-hybridized carbons (Fsp3) is 0.176. The zero-order valence-corrected chi connectivity index (χ0v) is 23.3. The molecule has 0 saturated carbocycles. The molecule has 0 radical (unpaired) electrons. The van der Waals surface area contributed by atoms with E-state index in [1.54, 1.807) is 72.8 Å². The van der Waals surface area contributed by atoms with E-state index in [1.807, 2.05) is 0 Å². The van der Waals surface area contributed by atoms with E-state index in [2.05, 4.69) is 0 Å². The second-order valence-corrected chi connectivity index (χ2v) is 9.84. The van der Waals surface area contributed by atoms with Crippen LogP contribution in [0.25, 0.3) is 0 Å². The molecule has 1 aliphatic rings. The van der Waals surface area contributed by atoms with Crippen molar-refractivity contribution in [3.63, 3.8) is 0 Å². The largest absolute Gasteiger partial charge is 0.456 e. The molecule has 1 N–H and O–H groups in total. The Morgan fingerprint density at radius 3 is 1.43 bits per heavy atom. The second-order valence-electron chi connectivity index (χ2n) is 9.84. The molecule has 44 heavy (non-hydrogen) atoms. The molecule has 1 fully saturated rings. The summed E-state index contributed by atoms with van der Waals surface area (Å²) in [5.41, 5.74) is 0.675. The SMILES string of the molecule is O=C(OC[C@]1(O)OC[C@@H](OC(=O)c2ccccc2)[C@@H](OC(=O)c2ccccc2)[C@H]1OC(=O)c1ccccc1)c1ccccc1. The molecule has 5 rings (SSSR count). The maximum Gasteiger partial charge on any atom is 0.338 e. The molecule has 1 aliphatic heterocycles. The Balaban J connectivity index is 1.48. The van der Waals surface area contributed by atoms with Gasteiger partial charge in [-0.25, -0.2) is 19.2 Å². The number of hydrogen-bond donors (Lipinski definition) is 1. The molecule has 0 bridgehead atoms. The summed E-state index contributed by atoms with van der Waals surface area (Å²) in [5, 5.41) is 11.7. The fourth-order valence-electron chi connectivity index (χ4n) is 4.51.